The zero-order valence-electron chi connectivity index (χ0n) is 11.7. The van der Waals surface area contributed by atoms with Crippen molar-refractivity contribution in [1.29, 1.82) is 0 Å². The van der Waals surface area contributed by atoms with Crippen LogP contribution in [0.1, 0.15) is 35.2 Å². The van der Waals surface area contributed by atoms with Crippen LogP contribution in [0.25, 0.3) is 6.08 Å². The summed E-state index contributed by atoms with van der Waals surface area (Å²) in [6.07, 6.45) is 13.9. The molecule has 21 heavy (non-hydrogen) atoms. The SMILES string of the molecule is O=C1OCC/C=C/CC/C=C/C=C/c2cc(O)cc(O)c21. The van der Waals surface area contributed by atoms with Crippen LogP contribution in [0.15, 0.2) is 42.5 Å². The number of aromatic hydroxyl groups is 2. The molecule has 0 unspecified atom stereocenters. The number of carbonyl (C=O) groups is 1. The number of cyclic esters (lactones) is 1. The molecule has 0 fully saturated rings. The molecule has 0 atom stereocenters. The Kier molecular flexibility index (Phi) is 5.21. The molecule has 1 aromatic rings. The Morgan fingerprint density at radius 1 is 0.952 bits per heavy atom. The molecule has 0 spiro atoms. The van der Waals surface area contributed by atoms with Crippen LogP contribution >= 0.6 is 0 Å². The quantitative estimate of drug-likeness (QED) is 0.565. The fourth-order valence-electron chi connectivity index (χ4n) is 2.04. The molecule has 110 valence electrons. The van der Waals surface area contributed by atoms with Crippen LogP contribution in [0.5, 0.6) is 11.5 Å². The van der Waals surface area contributed by atoms with Crippen molar-refractivity contribution in [2.75, 3.05) is 6.61 Å². The van der Waals surface area contributed by atoms with Crippen LogP contribution in [-0.2, 0) is 4.74 Å². The van der Waals surface area contributed by atoms with E-state index in [0.717, 1.165) is 18.9 Å². The molecule has 0 amide bonds. The second-order valence-electron chi connectivity index (χ2n) is 4.69. The highest BCUT2D eigenvalue weighted by molar-refractivity contribution is 5.97. The average Bonchev–Trinajstić information content (AvgIpc) is 2.43. The first-order valence-electron chi connectivity index (χ1n) is 6.90. The van der Waals surface area contributed by atoms with E-state index in [4.69, 9.17) is 4.74 Å². The Hall–Kier alpha value is -2.49. The molecular weight excluding hydrogens is 268 g/mol. The normalized spacial score (nSPS) is 20.7. The van der Waals surface area contributed by atoms with E-state index < -0.39 is 5.97 Å². The number of phenols is 2. The van der Waals surface area contributed by atoms with Gasteiger partial charge in [0, 0.05) is 6.07 Å². The van der Waals surface area contributed by atoms with Crippen LogP contribution in [0.3, 0.4) is 0 Å². The van der Waals surface area contributed by atoms with E-state index in [1.807, 2.05) is 18.2 Å². The zero-order chi connectivity index (χ0) is 15.1. The summed E-state index contributed by atoms with van der Waals surface area (Å²) >= 11 is 0. The van der Waals surface area contributed by atoms with Gasteiger partial charge in [-0.3, -0.25) is 0 Å². The third-order valence-electron chi connectivity index (χ3n) is 3.04. The number of ether oxygens (including phenoxy) is 1. The first kappa shape index (κ1) is 14.9. The van der Waals surface area contributed by atoms with Crippen molar-refractivity contribution in [3.05, 3.63) is 53.6 Å². The standard InChI is InChI=1S/C17H18O4/c18-14-11-13-9-7-5-3-1-2-4-6-8-10-21-17(20)16(13)15(19)12-14/h3-7,9,11-12,18-19H,1-2,8,10H2/b5-3+,6-4+,9-7+. The molecule has 1 aliphatic heterocycles. The first-order valence-corrected chi connectivity index (χ1v) is 6.90. The third kappa shape index (κ3) is 4.24. The van der Waals surface area contributed by atoms with Gasteiger partial charge in [-0.1, -0.05) is 36.5 Å². The van der Waals surface area contributed by atoms with Crippen molar-refractivity contribution in [3.8, 4) is 11.5 Å². The second-order valence-corrected chi connectivity index (χ2v) is 4.69. The van der Waals surface area contributed by atoms with E-state index in [2.05, 4.69) is 6.08 Å². The van der Waals surface area contributed by atoms with Crippen molar-refractivity contribution in [1.82, 2.24) is 0 Å². The van der Waals surface area contributed by atoms with Gasteiger partial charge in [0.15, 0.2) is 0 Å². The number of esters is 1. The second kappa shape index (κ2) is 7.33. The number of carbonyl (C=O) groups excluding carboxylic acids is 1. The lowest BCUT2D eigenvalue weighted by atomic mass is 10.0. The average molecular weight is 286 g/mol. The number of benzene rings is 1. The lowest BCUT2D eigenvalue weighted by Crippen LogP contribution is -2.08. The number of fused-ring (bicyclic) bond motifs is 1. The fourth-order valence-corrected chi connectivity index (χ4v) is 2.04. The predicted octanol–water partition coefficient (Wildman–Crippen LogP) is 3.56. The minimum Gasteiger partial charge on any atom is -0.508 e. The van der Waals surface area contributed by atoms with Gasteiger partial charge in [0.05, 0.1) is 6.61 Å². The third-order valence-corrected chi connectivity index (χ3v) is 3.04. The van der Waals surface area contributed by atoms with Crippen molar-refractivity contribution in [3.63, 3.8) is 0 Å². The summed E-state index contributed by atoms with van der Waals surface area (Å²) in [5.74, 6) is -0.982. The van der Waals surface area contributed by atoms with Gasteiger partial charge in [-0.15, -0.1) is 0 Å². The maximum atomic E-state index is 12.1. The van der Waals surface area contributed by atoms with Gasteiger partial charge < -0.3 is 14.9 Å². The van der Waals surface area contributed by atoms with Crippen LogP contribution in [-0.4, -0.2) is 22.8 Å². The lowest BCUT2D eigenvalue weighted by molar-refractivity contribution is 0.0508. The molecule has 0 saturated heterocycles. The maximum absolute atomic E-state index is 12.1. The Morgan fingerprint density at radius 2 is 1.71 bits per heavy atom. The maximum Gasteiger partial charge on any atom is 0.342 e. The molecule has 0 aliphatic carbocycles. The molecule has 2 rings (SSSR count). The molecule has 1 heterocycles. The van der Waals surface area contributed by atoms with Crippen molar-refractivity contribution in [2.24, 2.45) is 0 Å². The Bertz CT molecular complexity index is 597. The monoisotopic (exact) mass is 286 g/mol. The summed E-state index contributed by atoms with van der Waals surface area (Å²) in [6.45, 7) is 0.259. The molecule has 1 aromatic carbocycles. The van der Waals surface area contributed by atoms with Gasteiger partial charge in [-0.05, 0) is 30.9 Å². The highest BCUT2D eigenvalue weighted by Crippen LogP contribution is 2.29. The fraction of sp³-hybridized carbons (Fsp3) is 0.235. The summed E-state index contributed by atoms with van der Waals surface area (Å²) in [7, 11) is 0. The molecule has 4 heteroatoms. The van der Waals surface area contributed by atoms with E-state index in [9.17, 15) is 15.0 Å². The van der Waals surface area contributed by atoms with Crippen LogP contribution < -0.4 is 0 Å². The van der Waals surface area contributed by atoms with Crippen molar-refractivity contribution < 1.29 is 19.7 Å². The largest absolute Gasteiger partial charge is 0.508 e. The molecule has 0 saturated carbocycles. The topological polar surface area (TPSA) is 66.8 Å². The number of allylic oxidation sites excluding steroid dienone is 4. The van der Waals surface area contributed by atoms with E-state index in [-0.39, 0.29) is 23.7 Å². The zero-order valence-corrected chi connectivity index (χ0v) is 11.7. The minimum absolute atomic E-state index is 0.0680. The van der Waals surface area contributed by atoms with E-state index in [0.29, 0.717) is 12.0 Å². The molecule has 0 radical (unpaired) electrons. The first-order chi connectivity index (χ1) is 10.2. The van der Waals surface area contributed by atoms with Gasteiger partial charge in [0.2, 0.25) is 0 Å². The summed E-state index contributed by atoms with van der Waals surface area (Å²) in [5, 5.41) is 19.4. The summed E-state index contributed by atoms with van der Waals surface area (Å²) < 4.78 is 5.15. The van der Waals surface area contributed by atoms with Crippen LogP contribution in [0, 0.1) is 0 Å². The summed E-state index contributed by atoms with van der Waals surface area (Å²) in [6, 6.07) is 2.55. The van der Waals surface area contributed by atoms with E-state index in [1.165, 1.54) is 6.07 Å². The summed E-state index contributed by atoms with van der Waals surface area (Å²) in [5.41, 5.74) is 0.494. The number of hydrogen-bond donors (Lipinski definition) is 2. The van der Waals surface area contributed by atoms with Crippen LogP contribution in [0.4, 0.5) is 0 Å². The Labute approximate surface area is 123 Å². The predicted molar refractivity (Wildman–Crippen MR) is 81.2 cm³/mol. The highest BCUT2D eigenvalue weighted by Gasteiger charge is 2.17. The van der Waals surface area contributed by atoms with Crippen molar-refractivity contribution >= 4 is 12.0 Å². The van der Waals surface area contributed by atoms with E-state index >= 15 is 0 Å². The molecular formula is C17H18O4. The smallest absolute Gasteiger partial charge is 0.342 e. The van der Waals surface area contributed by atoms with Gasteiger partial charge in [0.1, 0.15) is 17.1 Å². The Balaban J connectivity index is 2.36. The van der Waals surface area contributed by atoms with Gasteiger partial charge in [0.25, 0.3) is 0 Å². The number of hydrogen-bond acceptors (Lipinski definition) is 4. The molecule has 1 aliphatic rings. The molecule has 0 aromatic heterocycles. The lowest BCUT2D eigenvalue weighted by Gasteiger charge is -2.09. The van der Waals surface area contributed by atoms with Crippen LogP contribution in [0.2, 0.25) is 0 Å². The van der Waals surface area contributed by atoms with Gasteiger partial charge >= 0.3 is 5.97 Å². The van der Waals surface area contributed by atoms with E-state index in [1.54, 1.807) is 12.2 Å². The molecule has 2 N–H and O–H groups in total. The molecule has 4 nitrogen and oxygen atoms in total. The minimum atomic E-state index is -0.596. The number of rotatable bonds is 0. The Morgan fingerprint density at radius 3 is 2.57 bits per heavy atom. The van der Waals surface area contributed by atoms with Crippen molar-refractivity contribution in [2.45, 2.75) is 19.3 Å². The molecule has 0 bridgehead atoms. The van der Waals surface area contributed by atoms with Gasteiger partial charge in [-0.2, -0.15) is 0 Å². The number of phenolic OH excluding ortho intramolecular Hbond substituents is 2. The summed E-state index contributed by atoms with van der Waals surface area (Å²) in [4.78, 5) is 12.1. The highest BCUT2D eigenvalue weighted by atomic mass is 16.5. The van der Waals surface area contributed by atoms with Gasteiger partial charge in [-0.25, -0.2) is 4.79 Å².